The molecule has 1 aromatic heterocycles. The number of piperidine rings is 1. The van der Waals surface area contributed by atoms with E-state index < -0.39 is 14.9 Å². The van der Waals surface area contributed by atoms with Crippen molar-refractivity contribution in [3.05, 3.63) is 58.9 Å². The number of anilines is 1. The summed E-state index contributed by atoms with van der Waals surface area (Å²) < 4.78 is 27.4. The predicted molar refractivity (Wildman–Crippen MR) is 97.5 cm³/mol. The largest absolute Gasteiger partial charge is 0.370 e. The van der Waals surface area contributed by atoms with E-state index in [1.807, 2.05) is 18.3 Å². The van der Waals surface area contributed by atoms with Gasteiger partial charge in [-0.3, -0.25) is 15.1 Å². The van der Waals surface area contributed by atoms with Crippen molar-refractivity contribution in [3.63, 3.8) is 0 Å². The molecule has 1 N–H and O–H groups in total. The molecular formula is C17H20N4O4S. The monoisotopic (exact) mass is 376 g/mol. The van der Waals surface area contributed by atoms with Gasteiger partial charge in [-0.2, -0.15) is 0 Å². The maximum Gasteiger partial charge on any atom is 0.270 e. The summed E-state index contributed by atoms with van der Waals surface area (Å²) in [6.07, 6.45) is 5.29. The fraction of sp³-hybridized carbons (Fsp3) is 0.353. The predicted octanol–water partition coefficient (Wildman–Crippen LogP) is 2.18. The van der Waals surface area contributed by atoms with E-state index >= 15 is 0 Å². The molecule has 1 aliphatic heterocycles. The molecule has 1 saturated heterocycles. The number of nitrogens with one attached hydrogen (secondary N) is 1. The zero-order valence-corrected chi connectivity index (χ0v) is 14.9. The fourth-order valence-electron chi connectivity index (χ4n) is 3.01. The highest BCUT2D eigenvalue weighted by atomic mass is 32.2. The number of non-ortho nitro benzene ring substituents is 1. The summed E-state index contributed by atoms with van der Waals surface area (Å²) in [7, 11) is -3.76. The topological polar surface area (TPSA) is 105 Å². The van der Waals surface area contributed by atoms with Gasteiger partial charge < -0.3 is 4.90 Å². The Balaban J connectivity index is 1.56. The van der Waals surface area contributed by atoms with Crippen LogP contribution in [0.15, 0.2) is 53.7 Å². The highest BCUT2D eigenvalue weighted by Gasteiger charge is 2.23. The van der Waals surface area contributed by atoms with Crippen LogP contribution in [0.4, 0.5) is 11.4 Å². The first-order valence-corrected chi connectivity index (χ1v) is 9.83. The minimum Gasteiger partial charge on any atom is -0.370 e. The van der Waals surface area contributed by atoms with Crippen LogP contribution in [0.25, 0.3) is 0 Å². The molecule has 26 heavy (non-hydrogen) atoms. The second-order valence-corrected chi connectivity index (χ2v) is 8.01. The molecular weight excluding hydrogens is 356 g/mol. The Morgan fingerprint density at radius 2 is 2.00 bits per heavy atom. The number of nitro benzene ring substituents is 1. The van der Waals surface area contributed by atoms with Crippen molar-refractivity contribution >= 4 is 21.4 Å². The Kier molecular flexibility index (Phi) is 5.48. The molecule has 9 heteroatoms. The van der Waals surface area contributed by atoms with Crippen LogP contribution in [-0.2, 0) is 10.0 Å². The maximum atomic E-state index is 12.4. The number of nitrogens with zero attached hydrogens (tertiary/aromatic N) is 3. The summed E-state index contributed by atoms with van der Waals surface area (Å²) in [6.45, 7) is 2.01. The van der Waals surface area contributed by atoms with Gasteiger partial charge in [0.15, 0.2) is 0 Å². The van der Waals surface area contributed by atoms with E-state index in [0.29, 0.717) is 6.54 Å². The van der Waals surface area contributed by atoms with Gasteiger partial charge in [-0.1, -0.05) is 6.07 Å². The SMILES string of the molecule is O=[N+]([O-])c1cccc(S(=O)(=O)NCC2CCN(c3cccnc3)CC2)c1. The van der Waals surface area contributed by atoms with Gasteiger partial charge in [0, 0.05) is 38.0 Å². The van der Waals surface area contributed by atoms with Crippen molar-refractivity contribution in [2.75, 3.05) is 24.5 Å². The molecule has 0 bridgehead atoms. The number of pyridine rings is 1. The van der Waals surface area contributed by atoms with Crippen molar-refractivity contribution < 1.29 is 13.3 Å². The zero-order chi connectivity index (χ0) is 18.6. The van der Waals surface area contributed by atoms with E-state index in [0.717, 1.165) is 37.7 Å². The third-order valence-corrected chi connectivity index (χ3v) is 5.95. The summed E-state index contributed by atoms with van der Waals surface area (Å²) in [6, 6.07) is 8.99. The van der Waals surface area contributed by atoms with E-state index in [-0.39, 0.29) is 16.5 Å². The van der Waals surface area contributed by atoms with Crippen molar-refractivity contribution in [1.29, 1.82) is 0 Å². The standard InChI is InChI=1S/C17H20N4O4S/c22-21(23)15-3-1-5-17(11-15)26(24,25)19-12-14-6-9-20(10-7-14)16-4-2-8-18-13-16/h1-5,8,11,13-14,19H,6-7,9-10,12H2. The first kappa shape index (κ1) is 18.3. The van der Waals surface area contributed by atoms with Crippen molar-refractivity contribution in [3.8, 4) is 0 Å². The average Bonchev–Trinajstić information content (AvgIpc) is 2.68. The summed E-state index contributed by atoms with van der Waals surface area (Å²) in [5.41, 5.74) is 0.834. The normalized spacial score (nSPS) is 15.8. The number of benzene rings is 1. The fourth-order valence-corrected chi connectivity index (χ4v) is 4.17. The van der Waals surface area contributed by atoms with Gasteiger partial charge in [-0.25, -0.2) is 13.1 Å². The molecule has 1 fully saturated rings. The van der Waals surface area contributed by atoms with Crippen LogP contribution < -0.4 is 9.62 Å². The molecule has 2 heterocycles. The lowest BCUT2D eigenvalue weighted by Crippen LogP contribution is -2.38. The Hall–Kier alpha value is -2.52. The van der Waals surface area contributed by atoms with E-state index in [9.17, 15) is 18.5 Å². The maximum absolute atomic E-state index is 12.4. The molecule has 0 aliphatic carbocycles. The molecule has 0 unspecified atom stereocenters. The molecule has 138 valence electrons. The number of nitro groups is 1. The quantitative estimate of drug-likeness (QED) is 0.612. The molecule has 0 radical (unpaired) electrons. The number of hydrogen-bond acceptors (Lipinski definition) is 6. The van der Waals surface area contributed by atoms with Crippen LogP contribution >= 0.6 is 0 Å². The number of hydrogen-bond donors (Lipinski definition) is 1. The zero-order valence-electron chi connectivity index (χ0n) is 14.1. The molecule has 2 aromatic rings. The first-order valence-electron chi connectivity index (χ1n) is 8.35. The Bertz CT molecular complexity index is 865. The first-order chi connectivity index (χ1) is 12.5. The van der Waals surface area contributed by atoms with Crippen molar-refractivity contribution in [2.45, 2.75) is 17.7 Å². The van der Waals surface area contributed by atoms with Gasteiger partial charge in [0.1, 0.15) is 0 Å². The summed E-state index contributed by atoms with van der Waals surface area (Å²) in [4.78, 5) is 16.5. The number of aromatic nitrogens is 1. The number of rotatable bonds is 6. The molecule has 0 spiro atoms. The Labute approximate surface area is 152 Å². The summed E-state index contributed by atoms with van der Waals surface area (Å²) >= 11 is 0. The minimum atomic E-state index is -3.76. The second-order valence-electron chi connectivity index (χ2n) is 6.25. The molecule has 1 aliphatic rings. The lowest BCUT2D eigenvalue weighted by molar-refractivity contribution is -0.385. The summed E-state index contributed by atoms with van der Waals surface area (Å²) in [5.74, 6) is 0.233. The smallest absolute Gasteiger partial charge is 0.270 e. The van der Waals surface area contributed by atoms with E-state index in [2.05, 4.69) is 14.6 Å². The lowest BCUT2D eigenvalue weighted by Gasteiger charge is -2.33. The van der Waals surface area contributed by atoms with Gasteiger partial charge in [-0.15, -0.1) is 0 Å². The molecule has 0 saturated carbocycles. The van der Waals surface area contributed by atoms with E-state index in [1.165, 1.54) is 18.2 Å². The molecule has 0 atom stereocenters. The molecule has 3 rings (SSSR count). The average molecular weight is 376 g/mol. The Morgan fingerprint density at radius 1 is 1.23 bits per heavy atom. The van der Waals surface area contributed by atoms with Crippen LogP contribution in [0.1, 0.15) is 12.8 Å². The van der Waals surface area contributed by atoms with Gasteiger partial charge in [-0.05, 0) is 37.0 Å². The number of sulfonamides is 1. The van der Waals surface area contributed by atoms with E-state index in [4.69, 9.17) is 0 Å². The van der Waals surface area contributed by atoms with Crippen LogP contribution in [0.3, 0.4) is 0 Å². The van der Waals surface area contributed by atoms with Crippen LogP contribution in [0.2, 0.25) is 0 Å². The highest BCUT2D eigenvalue weighted by molar-refractivity contribution is 7.89. The highest BCUT2D eigenvalue weighted by Crippen LogP contribution is 2.23. The molecule has 1 aromatic carbocycles. The lowest BCUT2D eigenvalue weighted by atomic mass is 9.97. The third-order valence-electron chi connectivity index (χ3n) is 4.53. The van der Waals surface area contributed by atoms with Crippen LogP contribution in [0, 0.1) is 16.0 Å². The van der Waals surface area contributed by atoms with Gasteiger partial charge in [0.25, 0.3) is 5.69 Å². The third kappa shape index (κ3) is 4.36. The molecule has 0 amide bonds. The van der Waals surface area contributed by atoms with E-state index in [1.54, 1.807) is 6.20 Å². The Morgan fingerprint density at radius 3 is 2.65 bits per heavy atom. The second kappa shape index (κ2) is 7.79. The minimum absolute atomic E-state index is 0.0838. The van der Waals surface area contributed by atoms with Crippen molar-refractivity contribution in [1.82, 2.24) is 9.71 Å². The van der Waals surface area contributed by atoms with Gasteiger partial charge in [0.05, 0.1) is 21.7 Å². The van der Waals surface area contributed by atoms with Gasteiger partial charge >= 0.3 is 0 Å². The summed E-state index contributed by atoms with van der Waals surface area (Å²) in [5, 5.41) is 10.8. The van der Waals surface area contributed by atoms with Crippen LogP contribution in [-0.4, -0.2) is 38.0 Å². The van der Waals surface area contributed by atoms with Gasteiger partial charge in [0.2, 0.25) is 10.0 Å². The van der Waals surface area contributed by atoms with Crippen LogP contribution in [0.5, 0.6) is 0 Å². The van der Waals surface area contributed by atoms with Crippen molar-refractivity contribution in [2.24, 2.45) is 5.92 Å². The molecule has 8 nitrogen and oxygen atoms in total.